The number of benzene rings is 2. The normalized spacial score (nSPS) is 11.8. The molecule has 0 aliphatic heterocycles. The number of carbonyl (C=O) groups excluding carboxylic acids is 1. The summed E-state index contributed by atoms with van der Waals surface area (Å²) in [4.78, 5) is 29.4. The lowest BCUT2D eigenvalue weighted by atomic mass is 10.0. The van der Waals surface area contributed by atoms with Gasteiger partial charge >= 0.3 is 0 Å². The minimum Gasteiger partial charge on any atom is -0.497 e. The molecule has 4 rings (SSSR count). The van der Waals surface area contributed by atoms with Crippen LogP contribution in [-0.4, -0.2) is 34.0 Å². The molecule has 0 saturated heterocycles. The van der Waals surface area contributed by atoms with Crippen molar-refractivity contribution >= 4 is 35.3 Å². The van der Waals surface area contributed by atoms with Gasteiger partial charge in [-0.3, -0.25) is 9.69 Å². The molecule has 0 unspecified atom stereocenters. The summed E-state index contributed by atoms with van der Waals surface area (Å²) in [6.07, 6.45) is 2.02. The van der Waals surface area contributed by atoms with Crippen LogP contribution in [0.25, 0.3) is 0 Å². The highest BCUT2D eigenvalue weighted by atomic mass is 32.2. The summed E-state index contributed by atoms with van der Waals surface area (Å²) in [5, 5.41) is 3.34. The molecule has 0 bridgehead atoms. The molecule has 0 fully saturated rings. The fraction of sp³-hybridized carbons (Fsp3) is 0.259. The number of aromatic nitrogens is 3. The Morgan fingerprint density at radius 3 is 2.58 bits per heavy atom. The summed E-state index contributed by atoms with van der Waals surface area (Å²) in [5.41, 5.74) is 6.73. The van der Waals surface area contributed by atoms with Gasteiger partial charge < -0.3 is 20.2 Å². The first-order valence-electron chi connectivity index (χ1n) is 12.0. The van der Waals surface area contributed by atoms with Crippen LogP contribution in [0.4, 0.5) is 22.0 Å². The van der Waals surface area contributed by atoms with Crippen molar-refractivity contribution in [3.8, 4) is 5.75 Å². The second-order valence-corrected chi connectivity index (χ2v) is 9.93. The summed E-state index contributed by atoms with van der Waals surface area (Å²) in [5.74, 6) is 0.948. The Morgan fingerprint density at radius 1 is 1.13 bits per heavy atom. The molecule has 198 valence electrons. The van der Waals surface area contributed by atoms with Gasteiger partial charge in [0.05, 0.1) is 26.0 Å². The van der Waals surface area contributed by atoms with Crippen molar-refractivity contribution in [2.45, 2.75) is 42.9 Å². The van der Waals surface area contributed by atoms with E-state index in [2.05, 4.69) is 20.3 Å². The van der Waals surface area contributed by atoms with Crippen molar-refractivity contribution in [3.63, 3.8) is 0 Å². The molecule has 11 heteroatoms. The van der Waals surface area contributed by atoms with Gasteiger partial charge in [-0.25, -0.2) is 4.39 Å². The highest BCUT2D eigenvalue weighted by Gasteiger charge is 2.27. The predicted octanol–water partition coefficient (Wildman–Crippen LogP) is 5.41. The standard InChI is InChI=1S/C27H29FN6O3S/c1-17(2)14-23(29)24(35)34(16-21-8-5-13-37-21)26-31-25(30-19-7-4-6-18(28)15-19)32-27(33-26)38-22-11-9-20(36-3)10-12-22/h4-13,15,17,23H,14,16,29H2,1-3H3,(H,30,31,32,33)/t23-/m0/s1. The molecular weight excluding hydrogens is 507 g/mol. The number of halogens is 1. The molecule has 0 radical (unpaired) electrons. The summed E-state index contributed by atoms with van der Waals surface area (Å²) >= 11 is 1.28. The summed E-state index contributed by atoms with van der Waals surface area (Å²) in [6, 6.07) is 16.1. The maximum atomic E-state index is 13.8. The summed E-state index contributed by atoms with van der Waals surface area (Å²) in [7, 11) is 1.60. The van der Waals surface area contributed by atoms with Gasteiger partial charge in [-0.05, 0) is 78.7 Å². The number of nitrogens with two attached hydrogens (primary N) is 1. The fourth-order valence-electron chi connectivity index (χ4n) is 3.63. The molecule has 0 saturated carbocycles. The zero-order valence-electron chi connectivity index (χ0n) is 21.3. The number of ether oxygens (including phenoxy) is 1. The Labute approximate surface area is 224 Å². The van der Waals surface area contributed by atoms with Gasteiger partial charge in [0.25, 0.3) is 0 Å². The fourth-order valence-corrected chi connectivity index (χ4v) is 4.37. The lowest BCUT2D eigenvalue weighted by molar-refractivity contribution is -0.120. The van der Waals surface area contributed by atoms with Crippen LogP contribution in [0.2, 0.25) is 0 Å². The van der Waals surface area contributed by atoms with E-state index in [4.69, 9.17) is 14.9 Å². The van der Waals surface area contributed by atoms with Crippen LogP contribution in [0.3, 0.4) is 0 Å². The van der Waals surface area contributed by atoms with Crippen LogP contribution in [0.15, 0.2) is 81.4 Å². The number of rotatable bonds is 11. The molecular formula is C27H29FN6O3S. The number of nitrogens with zero attached hydrogens (tertiary/aromatic N) is 4. The highest BCUT2D eigenvalue weighted by Crippen LogP contribution is 2.29. The maximum Gasteiger partial charge on any atom is 0.246 e. The number of nitrogens with one attached hydrogen (secondary N) is 1. The topological polar surface area (TPSA) is 119 Å². The Hall–Kier alpha value is -3.96. The van der Waals surface area contributed by atoms with Crippen LogP contribution in [0.1, 0.15) is 26.0 Å². The van der Waals surface area contributed by atoms with Crippen molar-refractivity contribution in [2.24, 2.45) is 11.7 Å². The van der Waals surface area contributed by atoms with Gasteiger partial charge in [0.1, 0.15) is 17.3 Å². The first kappa shape index (κ1) is 27.1. The van der Waals surface area contributed by atoms with Crippen molar-refractivity contribution in [1.29, 1.82) is 0 Å². The van der Waals surface area contributed by atoms with Crippen LogP contribution >= 0.6 is 11.8 Å². The first-order chi connectivity index (χ1) is 18.3. The molecule has 2 aromatic heterocycles. The molecule has 0 aliphatic carbocycles. The largest absolute Gasteiger partial charge is 0.497 e. The molecule has 1 amide bonds. The smallest absolute Gasteiger partial charge is 0.246 e. The third kappa shape index (κ3) is 7.30. The molecule has 4 aromatic rings. The number of methoxy groups -OCH3 is 1. The van der Waals surface area contributed by atoms with Gasteiger partial charge in [-0.2, -0.15) is 15.0 Å². The van der Waals surface area contributed by atoms with E-state index < -0.39 is 11.9 Å². The number of hydrogen-bond acceptors (Lipinski definition) is 9. The Bertz CT molecular complexity index is 1350. The molecule has 9 nitrogen and oxygen atoms in total. The number of hydrogen-bond donors (Lipinski definition) is 2. The molecule has 0 spiro atoms. The van der Waals surface area contributed by atoms with Gasteiger partial charge in [-0.15, -0.1) is 0 Å². The lowest BCUT2D eigenvalue weighted by Crippen LogP contribution is -2.45. The van der Waals surface area contributed by atoms with E-state index in [1.54, 1.807) is 31.4 Å². The molecule has 3 N–H and O–H groups in total. The predicted molar refractivity (Wildman–Crippen MR) is 144 cm³/mol. The van der Waals surface area contributed by atoms with Crippen molar-refractivity contribution in [3.05, 3.63) is 78.5 Å². The minimum absolute atomic E-state index is 0.0771. The van der Waals surface area contributed by atoms with E-state index in [9.17, 15) is 9.18 Å². The van der Waals surface area contributed by atoms with E-state index >= 15 is 0 Å². The van der Waals surface area contributed by atoms with Gasteiger partial charge in [0.2, 0.25) is 17.8 Å². The summed E-state index contributed by atoms with van der Waals surface area (Å²) < 4.78 is 24.6. The Morgan fingerprint density at radius 2 is 1.92 bits per heavy atom. The van der Waals surface area contributed by atoms with Gasteiger partial charge in [-0.1, -0.05) is 19.9 Å². The molecule has 2 aromatic carbocycles. The monoisotopic (exact) mass is 536 g/mol. The maximum absolute atomic E-state index is 13.8. The van der Waals surface area contributed by atoms with E-state index in [1.165, 1.54) is 35.1 Å². The number of carbonyl (C=O) groups is 1. The van der Waals surface area contributed by atoms with Crippen LogP contribution in [-0.2, 0) is 11.3 Å². The molecule has 38 heavy (non-hydrogen) atoms. The van der Waals surface area contributed by atoms with Crippen molar-refractivity contribution in [2.75, 3.05) is 17.3 Å². The first-order valence-corrected chi connectivity index (χ1v) is 12.8. The second-order valence-electron chi connectivity index (χ2n) is 8.89. The van der Waals surface area contributed by atoms with E-state index in [1.807, 2.05) is 38.1 Å². The van der Waals surface area contributed by atoms with Gasteiger partial charge in [0, 0.05) is 10.6 Å². The highest BCUT2D eigenvalue weighted by molar-refractivity contribution is 7.99. The Balaban J connectivity index is 1.74. The molecule has 2 heterocycles. The number of amides is 1. The van der Waals surface area contributed by atoms with E-state index in [0.717, 1.165) is 4.90 Å². The summed E-state index contributed by atoms with van der Waals surface area (Å²) in [6.45, 7) is 4.07. The molecule has 0 aliphatic rings. The molecule has 1 atom stereocenters. The van der Waals surface area contributed by atoms with Crippen LogP contribution in [0.5, 0.6) is 5.75 Å². The van der Waals surface area contributed by atoms with E-state index in [-0.39, 0.29) is 30.3 Å². The van der Waals surface area contributed by atoms with Crippen LogP contribution in [0, 0.1) is 11.7 Å². The third-order valence-electron chi connectivity index (χ3n) is 5.40. The SMILES string of the molecule is COc1ccc(Sc2nc(Nc3cccc(F)c3)nc(N(Cc3ccco3)C(=O)[C@@H](N)CC(C)C)n2)cc1. The second kappa shape index (κ2) is 12.5. The average Bonchev–Trinajstić information content (AvgIpc) is 3.40. The van der Waals surface area contributed by atoms with Crippen LogP contribution < -0.4 is 20.7 Å². The Kier molecular flexibility index (Phi) is 8.93. The van der Waals surface area contributed by atoms with Gasteiger partial charge in [0.15, 0.2) is 5.16 Å². The number of anilines is 3. The average molecular weight is 537 g/mol. The zero-order valence-corrected chi connectivity index (χ0v) is 22.1. The lowest BCUT2D eigenvalue weighted by Gasteiger charge is -2.24. The minimum atomic E-state index is -0.765. The third-order valence-corrected chi connectivity index (χ3v) is 6.27. The zero-order chi connectivity index (χ0) is 27.1. The van der Waals surface area contributed by atoms with Crippen molar-refractivity contribution in [1.82, 2.24) is 15.0 Å². The van der Waals surface area contributed by atoms with E-state index in [0.29, 0.717) is 28.8 Å². The quantitative estimate of drug-likeness (QED) is 0.259. The van der Waals surface area contributed by atoms with Crippen molar-refractivity contribution < 1.29 is 18.3 Å². The number of furan rings is 1.